The first-order valence-corrected chi connectivity index (χ1v) is 8.37. The second-order valence-electron chi connectivity index (χ2n) is 5.48. The van der Waals surface area contributed by atoms with Crippen LogP contribution in [0.1, 0.15) is 20.3 Å². The molecule has 0 saturated carbocycles. The maximum absolute atomic E-state index is 11.0. The molecule has 0 bridgehead atoms. The zero-order valence-corrected chi connectivity index (χ0v) is 12.3. The first kappa shape index (κ1) is 15.4. The van der Waals surface area contributed by atoms with Gasteiger partial charge in [-0.1, -0.05) is 0 Å². The summed E-state index contributed by atoms with van der Waals surface area (Å²) in [7, 11) is -2.84. The highest BCUT2D eigenvalue weighted by Crippen LogP contribution is 2.15. The van der Waals surface area contributed by atoms with Gasteiger partial charge in [0.25, 0.3) is 0 Å². The van der Waals surface area contributed by atoms with Crippen LogP contribution >= 0.6 is 0 Å². The summed E-state index contributed by atoms with van der Waals surface area (Å²) in [6, 6.07) is 2.32. The number of nitriles is 1. The lowest BCUT2D eigenvalue weighted by Gasteiger charge is -2.40. The number of hydrogen-bond donors (Lipinski definition) is 0. The van der Waals surface area contributed by atoms with Crippen LogP contribution in [0.5, 0.6) is 0 Å². The molecule has 0 unspecified atom stereocenters. The Labute approximate surface area is 110 Å². The van der Waals surface area contributed by atoms with Crippen LogP contribution in [0.4, 0.5) is 0 Å². The molecule has 0 radical (unpaired) electrons. The normalized spacial score (nSPS) is 19.7. The molecule has 1 heterocycles. The Morgan fingerprint density at radius 3 is 2.22 bits per heavy atom. The van der Waals surface area contributed by atoms with Crippen molar-refractivity contribution in [1.29, 1.82) is 5.26 Å². The van der Waals surface area contributed by atoms with E-state index < -0.39 is 15.4 Å². The zero-order valence-electron chi connectivity index (χ0n) is 11.5. The number of hydrogen-bond acceptors (Lipinski definition) is 5. The third kappa shape index (κ3) is 4.92. The van der Waals surface area contributed by atoms with Crippen LogP contribution in [-0.2, 0) is 9.84 Å². The first-order valence-electron chi connectivity index (χ1n) is 6.31. The van der Waals surface area contributed by atoms with Crippen molar-refractivity contribution in [3.05, 3.63) is 0 Å². The van der Waals surface area contributed by atoms with E-state index >= 15 is 0 Å². The third-order valence-corrected chi connectivity index (χ3v) is 4.46. The molecule has 0 atom stereocenters. The second-order valence-corrected chi connectivity index (χ2v) is 7.74. The largest absolute Gasteiger partial charge is 0.301 e. The summed E-state index contributed by atoms with van der Waals surface area (Å²) in [5.41, 5.74) is -0.404. The molecule has 18 heavy (non-hydrogen) atoms. The van der Waals surface area contributed by atoms with Crippen LogP contribution in [-0.4, -0.2) is 68.5 Å². The molecule has 1 aliphatic heterocycles. The Morgan fingerprint density at radius 2 is 1.78 bits per heavy atom. The highest BCUT2D eigenvalue weighted by Gasteiger charge is 2.29. The Bertz CT molecular complexity index is 404. The SMILES string of the molecule is CC(C)(C#N)N1CCN(CCCS(C)(=O)=O)CC1. The van der Waals surface area contributed by atoms with Crippen molar-refractivity contribution in [3.8, 4) is 6.07 Å². The number of rotatable bonds is 5. The molecule has 0 aromatic heterocycles. The van der Waals surface area contributed by atoms with Gasteiger partial charge in [0.15, 0.2) is 0 Å². The van der Waals surface area contributed by atoms with Crippen molar-refractivity contribution in [1.82, 2.24) is 9.80 Å². The van der Waals surface area contributed by atoms with Gasteiger partial charge < -0.3 is 4.90 Å². The Morgan fingerprint density at radius 1 is 1.22 bits per heavy atom. The fourth-order valence-corrected chi connectivity index (χ4v) is 2.81. The van der Waals surface area contributed by atoms with Crippen LogP contribution in [0.25, 0.3) is 0 Å². The molecule has 0 spiro atoms. The van der Waals surface area contributed by atoms with Gasteiger partial charge >= 0.3 is 0 Å². The van der Waals surface area contributed by atoms with Gasteiger partial charge in [-0.05, 0) is 26.8 Å². The van der Waals surface area contributed by atoms with Crippen molar-refractivity contribution in [3.63, 3.8) is 0 Å². The standard InChI is InChI=1S/C12H23N3O2S/c1-12(2,11-13)15-8-6-14(7-9-15)5-4-10-18(3,16)17/h4-10H2,1-3H3. The van der Waals surface area contributed by atoms with E-state index in [1.807, 2.05) is 13.8 Å². The molecule has 1 aliphatic rings. The van der Waals surface area contributed by atoms with E-state index in [-0.39, 0.29) is 5.75 Å². The minimum absolute atomic E-state index is 0.261. The Kier molecular flexibility index (Phi) is 5.14. The third-order valence-electron chi connectivity index (χ3n) is 3.43. The maximum atomic E-state index is 11.0. The predicted octanol–water partition coefficient (Wildman–Crippen LogP) is 0.341. The van der Waals surface area contributed by atoms with Gasteiger partial charge in [0.2, 0.25) is 0 Å². The molecule has 0 aromatic rings. The predicted molar refractivity (Wildman–Crippen MR) is 72.0 cm³/mol. The average molecular weight is 273 g/mol. The van der Waals surface area contributed by atoms with Gasteiger partial charge in [0.1, 0.15) is 15.4 Å². The van der Waals surface area contributed by atoms with Crippen LogP contribution < -0.4 is 0 Å². The van der Waals surface area contributed by atoms with Gasteiger partial charge in [0, 0.05) is 32.4 Å². The summed E-state index contributed by atoms with van der Waals surface area (Å²) in [6.07, 6.45) is 1.97. The van der Waals surface area contributed by atoms with Crippen molar-refractivity contribution < 1.29 is 8.42 Å². The second kappa shape index (κ2) is 6.00. The lowest BCUT2D eigenvalue weighted by atomic mass is 10.0. The van der Waals surface area contributed by atoms with E-state index in [0.29, 0.717) is 6.42 Å². The number of sulfone groups is 1. The lowest BCUT2D eigenvalue weighted by molar-refractivity contribution is 0.0803. The van der Waals surface area contributed by atoms with E-state index in [2.05, 4.69) is 15.9 Å². The molecular weight excluding hydrogens is 250 g/mol. The number of piperazine rings is 1. The van der Waals surface area contributed by atoms with Crippen LogP contribution in [0.2, 0.25) is 0 Å². The summed E-state index contributed by atoms with van der Waals surface area (Å²) in [4.78, 5) is 4.45. The van der Waals surface area contributed by atoms with Crippen molar-refractivity contribution in [2.24, 2.45) is 0 Å². The van der Waals surface area contributed by atoms with Crippen LogP contribution in [0, 0.1) is 11.3 Å². The molecule has 1 fully saturated rings. The quantitative estimate of drug-likeness (QED) is 0.723. The molecule has 0 amide bonds. The number of nitrogens with zero attached hydrogens (tertiary/aromatic N) is 3. The van der Waals surface area contributed by atoms with Gasteiger partial charge in [-0.3, -0.25) is 4.90 Å². The van der Waals surface area contributed by atoms with E-state index in [9.17, 15) is 8.42 Å². The first-order chi connectivity index (χ1) is 8.24. The van der Waals surface area contributed by atoms with E-state index in [0.717, 1.165) is 32.7 Å². The average Bonchev–Trinajstić information content (AvgIpc) is 2.28. The lowest BCUT2D eigenvalue weighted by Crippen LogP contribution is -2.54. The maximum Gasteiger partial charge on any atom is 0.147 e. The fourth-order valence-electron chi connectivity index (χ4n) is 2.15. The van der Waals surface area contributed by atoms with Gasteiger partial charge in [-0.2, -0.15) is 5.26 Å². The molecule has 1 saturated heterocycles. The minimum Gasteiger partial charge on any atom is -0.301 e. The van der Waals surface area contributed by atoms with Crippen LogP contribution in [0.15, 0.2) is 0 Å². The summed E-state index contributed by atoms with van der Waals surface area (Å²) < 4.78 is 22.1. The minimum atomic E-state index is -2.84. The molecule has 1 rings (SSSR count). The molecule has 5 nitrogen and oxygen atoms in total. The molecular formula is C12H23N3O2S. The topological polar surface area (TPSA) is 64.4 Å². The Balaban J connectivity index is 2.30. The summed E-state index contributed by atoms with van der Waals surface area (Å²) in [5.74, 6) is 0.261. The summed E-state index contributed by atoms with van der Waals surface area (Å²) in [5, 5.41) is 9.07. The van der Waals surface area contributed by atoms with Crippen molar-refractivity contribution >= 4 is 9.84 Å². The fraction of sp³-hybridized carbons (Fsp3) is 0.917. The highest BCUT2D eigenvalue weighted by atomic mass is 32.2. The summed E-state index contributed by atoms with van der Waals surface area (Å²) >= 11 is 0. The molecule has 104 valence electrons. The molecule has 0 aromatic carbocycles. The van der Waals surface area contributed by atoms with Crippen molar-refractivity contribution in [2.75, 3.05) is 44.7 Å². The highest BCUT2D eigenvalue weighted by molar-refractivity contribution is 7.90. The van der Waals surface area contributed by atoms with Gasteiger partial charge in [-0.25, -0.2) is 8.42 Å². The smallest absolute Gasteiger partial charge is 0.147 e. The van der Waals surface area contributed by atoms with E-state index in [4.69, 9.17) is 5.26 Å². The molecule has 0 N–H and O–H groups in total. The van der Waals surface area contributed by atoms with Crippen molar-refractivity contribution in [2.45, 2.75) is 25.8 Å². The zero-order chi connectivity index (χ0) is 13.8. The van der Waals surface area contributed by atoms with Gasteiger partial charge in [0.05, 0.1) is 11.8 Å². The Hall–Kier alpha value is -0.640. The van der Waals surface area contributed by atoms with E-state index in [1.54, 1.807) is 0 Å². The van der Waals surface area contributed by atoms with Crippen LogP contribution in [0.3, 0.4) is 0 Å². The molecule has 0 aliphatic carbocycles. The molecule has 6 heteroatoms. The summed E-state index contributed by atoms with van der Waals surface area (Å²) in [6.45, 7) is 8.27. The monoisotopic (exact) mass is 273 g/mol. The van der Waals surface area contributed by atoms with E-state index in [1.165, 1.54) is 6.26 Å². The van der Waals surface area contributed by atoms with Gasteiger partial charge in [-0.15, -0.1) is 0 Å².